The van der Waals surface area contributed by atoms with E-state index in [1.54, 1.807) is 6.92 Å². The first kappa shape index (κ1) is 14.8. The van der Waals surface area contributed by atoms with E-state index in [9.17, 15) is 9.90 Å². The number of nitrogens with one attached hydrogen (secondary N) is 1. The highest BCUT2D eigenvalue weighted by Crippen LogP contribution is 2.35. The van der Waals surface area contributed by atoms with Crippen molar-refractivity contribution < 1.29 is 19.1 Å². The quantitative estimate of drug-likeness (QED) is 0.778. The maximum absolute atomic E-state index is 11.5. The Hall–Kier alpha value is -1.56. The van der Waals surface area contributed by atoms with Crippen LogP contribution in [-0.4, -0.2) is 35.8 Å². The van der Waals surface area contributed by atoms with E-state index in [0.29, 0.717) is 19.2 Å². The SMILES string of the molecule is CCOC(=O)c1coc(NCC2(CO)CCCCC2)n1. The number of aromatic nitrogens is 1. The molecule has 1 aliphatic rings. The normalized spacial score (nSPS) is 17.7. The van der Waals surface area contributed by atoms with Crippen LogP contribution in [0.15, 0.2) is 10.7 Å². The molecule has 20 heavy (non-hydrogen) atoms. The number of nitrogens with zero attached hydrogens (tertiary/aromatic N) is 1. The van der Waals surface area contributed by atoms with Crippen molar-refractivity contribution >= 4 is 12.0 Å². The van der Waals surface area contributed by atoms with Crippen LogP contribution in [0.4, 0.5) is 6.01 Å². The monoisotopic (exact) mass is 282 g/mol. The van der Waals surface area contributed by atoms with Crippen LogP contribution in [0, 0.1) is 5.41 Å². The number of aliphatic hydroxyl groups is 1. The van der Waals surface area contributed by atoms with E-state index in [1.165, 1.54) is 12.7 Å². The summed E-state index contributed by atoms with van der Waals surface area (Å²) in [5, 5.41) is 12.7. The summed E-state index contributed by atoms with van der Waals surface area (Å²) in [4.78, 5) is 15.5. The summed E-state index contributed by atoms with van der Waals surface area (Å²) in [5.41, 5.74) is 0.0626. The Labute approximate surface area is 118 Å². The molecule has 0 spiro atoms. The zero-order chi connectivity index (χ0) is 14.4. The van der Waals surface area contributed by atoms with Crippen LogP contribution in [0.2, 0.25) is 0 Å². The van der Waals surface area contributed by atoms with Crippen molar-refractivity contribution in [3.63, 3.8) is 0 Å². The Morgan fingerprint density at radius 1 is 1.50 bits per heavy atom. The van der Waals surface area contributed by atoms with Crippen LogP contribution in [0.5, 0.6) is 0 Å². The molecular weight excluding hydrogens is 260 g/mol. The lowest BCUT2D eigenvalue weighted by atomic mass is 9.74. The molecule has 0 aromatic carbocycles. The third-order valence-corrected chi connectivity index (χ3v) is 3.85. The number of anilines is 1. The maximum atomic E-state index is 11.5. The highest BCUT2D eigenvalue weighted by atomic mass is 16.5. The Bertz CT molecular complexity index is 438. The molecule has 1 fully saturated rings. The fourth-order valence-corrected chi connectivity index (χ4v) is 2.61. The fraction of sp³-hybridized carbons (Fsp3) is 0.714. The van der Waals surface area contributed by atoms with Crippen molar-refractivity contribution in [1.29, 1.82) is 0 Å². The average Bonchev–Trinajstić information content (AvgIpc) is 2.95. The highest BCUT2D eigenvalue weighted by molar-refractivity contribution is 5.87. The maximum Gasteiger partial charge on any atom is 0.360 e. The molecule has 2 rings (SSSR count). The molecule has 1 heterocycles. The largest absolute Gasteiger partial charge is 0.461 e. The van der Waals surface area contributed by atoms with Gasteiger partial charge in [0.2, 0.25) is 0 Å². The van der Waals surface area contributed by atoms with Gasteiger partial charge in [-0.15, -0.1) is 0 Å². The zero-order valence-electron chi connectivity index (χ0n) is 11.9. The molecule has 0 atom stereocenters. The van der Waals surface area contributed by atoms with E-state index in [2.05, 4.69) is 10.3 Å². The molecule has 112 valence electrons. The van der Waals surface area contributed by atoms with Gasteiger partial charge in [-0.1, -0.05) is 19.3 Å². The van der Waals surface area contributed by atoms with Gasteiger partial charge < -0.3 is 19.6 Å². The van der Waals surface area contributed by atoms with Crippen LogP contribution in [0.25, 0.3) is 0 Å². The Balaban J connectivity index is 1.91. The molecule has 6 nitrogen and oxygen atoms in total. The van der Waals surface area contributed by atoms with Gasteiger partial charge in [-0.2, -0.15) is 4.98 Å². The molecule has 1 aromatic rings. The Kier molecular flexibility index (Phi) is 5.00. The number of oxazole rings is 1. The summed E-state index contributed by atoms with van der Waals surface area (Å²) in [6, 6.07) is 0.298. The van der Waals surface area contributed by atoms with E-state index in [4.69, 9.17) is 9.15 Å². The van der Waals surface area contributed by atoms with Crippen LogP contribution >= 0.6 is 0 Å². The number of carbonyl (C=O) groups excluding carboxylic acids is 1. The first-order valence-corrected chi connectivity index (χ1v) is 7.16. The Morgan fingerprint density at radius 2 is 2.25 bits per heavy atom. The predicted octanol–water partition coefficient (Wildman–Crippen LogP) is 2.21. The molecule has 0 bridgehead atoms. The summed E-state index contributed by atoms with van der Waals surface area (Å²) < 4.78 is 10.1. The van der Waals surface area contributed by atoms with Gasteiger partial charge in [0.15, 0.2) is 5.69 Å². The van der Waals surface area contributed by atoms with Gasteiger partial charge in [-0.25, -0.2) is 4.79 Å². The lowest BCUT2D eigenvalue weighted by molar-refractivity contribution is 0.0519. The van der Waals surface area contributed by atoms with Gasteiger partial charge in [0.1, 0.15) is 6.26 Å². The summed E-state index contributed by atoms with van der Waals surface area (Å²) in [6.45, 7) is 2.81. The summed E-state index contributed by atoms with van der Waals surface area (Å²) in [7, 11) is 0. The number of carbonyl (C=O) groups is 1. The molecule has 0 amide bonds. The highest BCUT2D eigenvalue weighted by Gasteiger charge is 2.31. The average molecular weight is 282 g/mol. The van der Waals surface area contributed by atoms with Crippen molar-refractivity contribution in [2.24, 2.45) is 5.41 Å². The van der Waals surface area contributed by atoms with Gasteiger partial charge in [-0.3, -0.25) is 0 Å². The number of aliphatic hydroxyl groups excluding tert-OH is 1. The first-order chi connectivity index (χ1) is 9.69. The van der Waals surface area contributed by atoms with E-state index >= 15 is 0 Å². The van der Waals surface area contributed by atoms with E-state index in [0.717, 1.165) is 25.7 Å². The van der Waals surface area contributed by atoms with Crippen molar-refractivity contribution in [3.05, 3.63) is 12.0 Å². The molecule has 6 heteroatoms. The number of esters is 1. The minimum atomic E-state index is -0.487. The van der Waals surface area contributed by atoms with Gasteiger partial charge in [-0.05, 0) is 19.8 Å². The summed E-state index contributed by atoms with van der Waals surface area (Å²) in [5.74, 6) is -0.487. The third kappa shape index (κ3) is 3.50. The number of hydrogen-bond acceptors (Lipinski definition) is 6. The van der Waals surface area contributed by atoms with Crippen LogP contribution < -0.4 is 5.32 Å². The molecule has 0 aliphatic heterocycles. The van der Waals surface area contributed by atoms with Crippen molar-refractivity contribution in [2.45, 2.75) is 39.0 Å². The lowest BCUT2D eigenvalue weighted by Gasteiger charge is -2.35. The molecule has 0 radical (unpaired) electrons. The molecule has 1 aliphatic carbocycles. The lowest BCUT2D eigenvalue weighted by Crippen LogP contribution is -2.35. The Morgan fingerprint density at radius 3 is 2.90 bits per heavy atom. The van der Waals surface area contributed by atoms with Gasteiger partial charge in [0.25, 0.3) is 6.01 Å². The van der Waals surface area contributed by atoms with Crippen LogP contribution in [0.3, 0.4) is 0 Å². The second kappa shape index (κ2) is 6.74. The van der Waals surface area contributed by atoms with Crippen LogP contribution in [-0.2, 0) is 4.74 Å². The minimum absolute atomic E-state index is 0.100. The molecular formula is C14H22N2O4. The van der Waals surface area contributed by atoms with Gasteiger partial charge >= 0.3 is 5.97 Å². The standard InChI is InChI=1S/C14H22N2O4/c1-2-19-12(18)11-8-20-13(16-11)15-9-14(10-17)6-4-3-5-7-14/h8,17H,2-7,9-10H2,1H3,(H,15,16). The van der Waals surface area contributed by atoms with Crippen molar-refractivity contribution in [1.82, 2.24) is 4.98 Å². The molecule has 2 N–H and O–H groups in total. The second-order valence-electron chi connectivity index (χ2n) is 5.33. The molecule has 1 aromatic heterocycles. The number of ether oxygens (including phenoxy) is 1. The van der Waals surface area contributed by atoms with Crippen LogP contribution in [0.1, 0.15) is 49.5 Å². The topological polar surface area (TPSA) is 84.6 Å². The second-order valence-corrected chi connectivity index (χ2v) is 5.33. The van der Waals surface area contributed by atoms with E-state index < -0.39 is 5.97 Å². The first-order valence-electron chi connectivity index (χ1n) is 7.16. The number of hydrogen-bond donors (Lipinski definition) is 2. The fourth-order valence-electron chi connectivity index (χ4n) is 2.61. The summed E-state index contributed by atoms with van der Waals surface area (Å²) >= 11 is 0. The van der Waals surface area contributed by atoms with Crippen molar-refractivity contribution in [2.75, 3.05) is 25.1 Å². The molecule has 0 unspecified atom stereocenters. The zero-order valence-corrected chi connectivity index (χ0v) is 11.9. The minimum Gasteiger partial charge on any atom is -0.461 e. The molecule has 0 saturated heterocycles. The molecule has 1 saturated carbocycles. The van der Waals surface area contributed by atoms with E-state index in [-0.39, 0.29) is 17.7 Å². The van der Waals surface area contributed by atoms with Gasteiger partial charge in [0.05, 0.1) is 13.2 Å². The van der Waals surface area contributed by atoms with Crippen molar-refractivity contribution in [3.8, 4) is 0 Å². The van der Waals surface area contributed by atoms with Gasteiger partial charge in [0, 0.05) is 12.0 Å². The predicted molar refractivity (Wildman–Crippen MR) is 73.6 cm³/mol. The number of rotatable bonds is 6. The summed E-state index contributed by atoms with van der Waals surface area (Å²) in [6.07, 6.45) is 6.80. The van der Waals surface area contributed by atoms with E-state index in [1.807, 2.05) is 0 Å². The third-order valence-electron chi connectivity index (χ3n) is 3.85. The smallest absolute Gasteiger partial charge is 0.360 e.